The molecule has 1 amide bonds. The van der Waals surface area contributed by atoms with Crippen LogP contribution >= 0.6 is 34.3 Å². The fourth-order valence-electron chi connectivity index (χ4n) is 4.01. The summed E-state index contributed by atoms with van der Waals surface area (Å²) in [5, 5.41) is 0. The van der Waals surface area contributed by atoms with E-state index in [-0.39, 0.29) is 23.9 Å². The molecule has 0 radical (unpaired) electrons. The van der Waals surface area contributed by atoms with Crippen molar-refractivity contribution in [2.75, 3.05) is 19.7 Å². The molecule has 35 heavy (non-hydrogen) atoms. The molecule has 1 saturated heterocycles. The zero-order valence-electron chi connectivity index (χ0n) is 19.6. The van der Waals surface area contributed by atoms with Crippen LogP contribution in [0.25, 0.3) is 10.2 Å². The maximum atomic E-state index is 13.2. The lowest BCUT2D eigenvalue weighted by Gasteiger charge is -2.29. The molecule has 0 saturated carbocycles. The van der Waals surface area contributed by atoms with E-state index in [1.807, 2.05) is 26.0 Å². The SMILES string of the molecule is CCOC(=O)Cn1c(=NC(=O)C2CCCN(S(=O)(=O)c3ccc(Cl)s3)C2)sc2cc(C)c(C)cc21. The van der Waals surface area contributed by atoms with Gasteiger partial charge in [0.2, 0.25) is 0 Å². The van der Waals surface area contributed by atoms with Gasteiger partial charge in [0.05, 0.1) is 27.1 Å². The molecule has 1 atom stereocenters. The van der Waals surface area contributed by atoms with E-state index in [1.54, 1.807) is 17.6 Å². The predicted octanol–water partition coefficient (Wildman–Crippen LogP) is 4.13. The monoisotopic (exact) mass is 555 g/mol. The van der Waals surface area contributed by atoms with Gasteiger partial charge in [0.1, 0.15) is 10.8 Å². The Labute approximate surface area is 216 Å². The van der Waals surface area contributed by atoms with Gasteiger partial charge in [-0.05, 0) is 69.0 Å². The molecule has 1 fully saturated rings. The number of amides is 1. The molecule has 188 valence electrons. The smallest absolute Gasteiger partial charge is 0.326 e. The lowest BCUT2D eigenvalue weighted by molar-refractivity contribution is -0.143. The Hall–Kier alpha value is -2.05. The third-order valence-corrected chi connectivity index (χ3v) is 10.6. The number of hydrogen-bond donors (Lipinski definition) is 0. The van der Waals surface area contributed by atoms with Crippen LogP contribution in [0.4, 0.5) is 0 Å². The van der Waals surface area contributed by atoms with E-state index in [4.69, 9.17) is 16.3 Å². The van der Waals surface area contributed by atoms with Crippen molar-refractivity contribution in [1.29, 1.82) is 0 Å². The number of aromatic nitrogens is 1. The summed E-state index contributed by atoms with van der Waals surface area (Å²) in [6.45, 7) is 6.32. The van der Waals surface area contributed by atoms with Crippen molar-refractivity contribution in [2.45, 2.75) is 44.4 Å². The lowest BCUT2D eigenvalue weighted by Crippen LogP contribution is -2.42. The average molecular weight is 556 g/mol. The van der Waals surface area contributed by atoms with Gasteiger partial charge in [-0.15, -0.1) is 11.3 Å². The Balaban J connectivity index is 1.66. The number of carbonyl (C=O) groups excluding carboxylic acids is 2. The second-order valence-corrected chi connectivity index (χ2v) is 13.3. The summed E-state index contributed by atoms with van der Waals surface area (Å²) in [4.78, 5) is 30.3. The highest BCUT2D eigenvalue weighted by Crippen LogP contribution is 2.31. The van der Waals surface area contributed by atoms with Crippen LogP contribution in [-0.4, -0.2) is 48.9 Å². The number of hydrogen-bond acceptors (Lipinski definition) is 7. The minimum absolute atomic E-state index is 0.0567. The minimum atomic E-state index is -3.73. The summed E-state index contributed by atoms with van der Waals surface area (Å²) in [5.41, 5.74) is 2.97. The third-order valence-electron chi connectivity index (χ3n) is 5.97. The molecule has 1 aliphatic rings. The Morgan fingerprint density at radius 2 is 1.94 bits per heavy atom. The van der Waals surface area contributed by atoms with Crippen molar-refractivity contribution in [3.05, 3.63) is 44.5 Å². The second kappa shape index (κ2) is 10.5. The number of piperidine rings is 1. The molecule has 4 rings (SSSR count). The molecule has 0 spiro atoms. The van der Waals surface area contributed by atoms with Crippen LogP contribution in [0.2, 0.25) is 4.34 Å². The predicted molar refractivity (Wildman–Crippen MR) is 137 cm³/mol. The van der Waals surface area contributed by atoms with Crippen molar-refractivity contribution in [1.82, 2.24) is 8.87 Å². The summed E-state index contributed by atoms with van der Waals surface area (Å²) < 4.78 is 35.7. The number of aryl methyl sites for hydroxylation is 2. The number of benzene rings is 1. The summed E-state index contributed by atoms with van der Waals surface area (Å²) in [5.74, 6) is -1.38. The van der Waals surface area contributed by atoms with E-state index in [9.17, 15) is 18.0 Å². The summed E-state index contributed by atoms with van der Waals surface area (Å²) in [6.07, 6.45) is 1.10. The first-order valence-electron chi connectivity index (χ1n) is 11.2. The lowest BCUT2D eigenvalue weighted by atomic mass is 9.99. The van der Waals surface area contributed by atoms with Gasteiger partial charge in [-0.1, -0.05) is 22.9 Å². The number of ether oxygens (including phenoxy) is 1. The van der Waals surface area contributed by atoms with Gasteiger partial charge >= 0.3 is 5.97 Å². The van der Waals surface area contributed by atoms with Crippen molar-refractivity contribution in [3.8, 4) is 0 Å². The van der Waals surface area contributed by atoms with Crippen LogP contribution in [-0.2, 0) is 30.9 Å². The molecular weight excluding hydrogens is 530 g/mol. The van der Waals surface area contributed by atoms with E-state index in [0.717, 1.165) is 32.7 Å². The highest BCUT2D eigenvalue weighted by atomic mass is 35.5. The van der Waals surface area contributed by atoms with E-state index in [0.29, 0.717) is 28.5 Å². The Morgan fingerprint density at radius 3 is 2.63 bits per heavy atom. The molecule has 0 N–H and O–H groups in total. The normalized spacial score (nSPS) is 17.7. The molecule has 0 aliphatic carbocycles. The molecule has 3 aromatic rings. The van der Waals surface area contributed by atoms with Crippen LogP contribution in [0.1, 0.15) is 30.9 Å². The number of thiazole rings is 1. The summed E-state index contributed by atoms with van der Waals surface area (Å²) in [6, 6.07) is 7.03. The zero-order valence-corrected chi connectivity index (χ0v) is 22.8. The number of carbonyl (C=O) groups is 2. The number of thiophene rings is 1. The molecule has 1 aromatic carbocycles. The van der Waals surface area contributed by atoms with Gasteiger partial charge in [-0.2, -0.15) is 9.30 Å². The van der Waals surface area contributed by atoms with Crippen molar-refractivity contribution < 1.29 is 22.7 Å². The third kappa shape index (κ3) is 5.54. The van der Waals surface area contributed by atoms with E-state index in [1.165, 1.54) is 21.7 Å². The molecular formula is C23H26ClN3O5S3. The Morgan fingerprint density at radius 1 is 1.20 bits per heavy atom. The van der Waals surface area contributed by atoms with Gasteiger partial charge in [-0.3, -0.25) is 9.59 Å². The van der Waals surface area contributed by atoms with Crippen molar-refractivity contribution in [2.24, 2.45) is 10.9 Å². The van der Waals surface area contributed by atoms with Crippen LogP contribution in [0.3, 0.4) is 0 Å². The number of fused-ring (bicyclic) bond motifs is 1. The van der Waals surface area contributed by atoms with Gasteiger partial charge in [0.15, 0.2) is 4.80 Å². The van der Waals surface area contributed by atoms with Gasteiger partial charge in [0.25, 0.3) is 15.9 Å². The van der Waals surface area contributed by atoms with Crippen LogP contribution in [0.5, 0.6) is 0 Å². The van der Waals surface area contributed by atoms with Crippen molar-refractivity contribution in [3.63, 3.8) is 0 Å². The molecule has 2 aromatic heterocycles. The highest BCUT2D eigenvalue weighted by Gasteiger charge is 2.34. The van der Waals surface area contributed by atoms with Crippen LogP contribution < -0.4 is 4.80 Å². The molecule has 1 aliphatic heterocycles. The molecule has 12 heteroatoms. The van der Waals surface area contributed by atoms with Gasteiger partial charge in [0, 0.05) is 13.1 Å². The van der Waals surface area contributed by atoms with E-state index < -0.39 is 27.8 Å². The molecule has 3 heterocycles. The first kappa shape index (κ1) is 26.0. The van der Waals surface area contributed by atoms with Crippen LogP contribution in [0, 0.1) is 19.8 Å². The van der Waals surface area contributed by atoms with Gasteiger partial charge < -0.3 is 9.30 Å². The van der Waals surface area contributed by atoms with Crippen molar-refractivity contribution >= 4 is 66.4 Å². The quantitative estimate of drug-likeness (QED) is 0.426. The van der Waals surface area contributed by atoms with Gasteiger partial charge in [-0.25, -0.2) is 8.42 Å². The fourth-order valence-corrected chi connectivity index (χ4v) is 8.28. The number of rotatable bonds is 6. The average Bonchev–Trinajstić information content (AvgIpc) is 3.39. The zero-order chi connectivity index (χ0) is 25.3. The topological polar surface area (TPSA) is 98.0 Å². The summed E-state index contributed by atoms with van der Waals surface area (Å²) >= 11 is 8.26. The standard InChI is InChI=1S/C23H26ClN3O5S3/c1-4-32-20(28)13-27-17-10-14(2)15(3)11-18(17)33-23(27)25-22(29)16-6-5-9-26(12-16)35(30,31)21-8-7-19(24)34-21/h7-8,10-11,16H,4-6,9,12-13H2,1-3H3. The fraction of sp³-hybridized carbons (Fsp3) is 0.435. The Kier molecular flexibility index (Phi) is 7.82. The maximum Gasteiger partial charge on any atom is 0.326 e. The second-order valence-electron chi connectivity index (χ2n) is 8.39. The number of sulfonamides is 1. The maximum absolute atomic E-state index is 13.2. The van der Waals surface area contributed by atoms with E-state index in [2.05, 4.69) is 4.99 Å². The minimum Gasteiger partial charge on any atom is -0.465 e. The molecule has 8 nitrogen and oxygen atoms in total. The molecule has 1 unspecified atom stereocenters. The van der Waals surface area contributed by atoms with E-state index >= 15 is 0 Å². The summed E-state index contributed by atoms with van der Waals surface area (Å²) in [7, 11) is -3.73. The van der Waals surface area contributed by atoms with Crippen LogP contribution in [0.15, 0.2) is 33.5 Å². The number of nitrogens with zero attached hydrogens (tertiary/aromatic N) is 3. The first-order valence-corrected chi connectivity index (χ1v) is 14.7. The first-order chi connectivity index (χ1) is 16.6. The number of halogens is 1. The Bertz CT molecular complexity index is 1450. The largest absolute Gasteiger partial charge is 0.465 e. The molecule has 0 bridgehead atoms. The number of esters is 1. The highest BCUT2D eigenvalue weighted by molar-refractivity contribution is 7.91.